The third kappa shape index (κ3) is 5.73. The summed E-state index contributed by atoms with van der Waals surface area (Å²) in [6, 6.07) is 1.59. The highest BCUT2D eigenvalue weighted by molar-refractivity contribution is 7.14. The fourth-order valence-electron chi connectivity index (χ4n) is 4.36. The number of aromatic nitrogens is 1. The van der Waals surface area contributed by atoms with Crippen molar-refractivity contribution in [2.45, 2.75) is 57.0 Å². The molecule has 182 valence electrons. The normalized spacial score (nSPS) is 19.6. The van der Waals surface area contributed by atoms with Crippen molar-refractivity contribution in [1.82, 2.24) is 15.2 Å². The molecular weight excluding hydrogens is 480 g/mol. The number of methoxy groups -OCH3 is 1. The SMILES string of the molecule is COC(=O)Oc1csc(NC(=O)[C@H](CC2CCCCC2)N2C(=O)N[C@@H](Cc3cccs3)C2=O)n1. The Morgan fingerprint density at radius 3 is 2.76 bits per heavy atom. The molecule has 1 saturated carbocycles. The van der Waals surface area contributed by atoms with Crippen LogP contribution in [0.5, 0.6) is 5.88 Å². The van der Waals surface area contributed by atoms with Crippen LogP contribution in [0.2, 0.25) is 0 Å². The number of urea groups is 1. The number of rotatable bonds is 8. The first kappa shape index (κ1) is 24.1. The molecule has 0 radical (unpaired) electrons. The van der Waals surface area contributed by atoms with E-state index in [0.717, 1.165) is 53.2 Å². The zero-order valence-corrected chi connectivity index (χ0v) is 20.3. The number of nitrogens with one attached hydrogen (secondary N) is 2. The quantitative estimate of drug-likeness (QED) is 0.412. The van der Waals surface area contributed by atoms with E-state index < -0.39 is 36.1 Å². The van der Waals surface area contributed by atoms with Crippen LogP contribution in [0.1, 0.15) is 43.4 Å². The molecule has 1 saturated heterocycles. The number of hydrogen-bond acceptors (Lipinski definition) is 9. The summed E-state index contributed by atoms with van der Waals surface area (Å²) < 4.78 is 9.30. The Kier molecular flexibility index (Phi) is 7.78. The van der Waals surface area contributed by atoms with Gasteiger partial charge in [-0.3, -0.25) is 9.59 Å². The standard InChI is InChI=1S/C22H26N4O6S2/c1-31-22(30)32-17-12-34-20(24-17)25-18(27)16(10-13-6-3-2-4-7-13)26-19(28)15(23-21(26)29)11-14-8-5-9-33-14/h5,8-9,12-13,15-16H,2-4,6-7,10-11H2,1H3,(H,23,29)(H,24,25,27)/t15-,16-/m0/s1. The first-order valence-corrected chi connectivity index (χ1v) is 12.9. The number of thiazole rings is 1. The molecule has 0 unspecified atom stereocenters. The molecule has 2 aliphatic rings. The summed E-state index contributed by atoms with van der Waals surface area (Å²) in [5.74, 6) is -0.661. The maximum absolute atomic E-state index is 13.3. The number of carbonyl (C=O) groups is 4. The minimum atomic E-state index is -0.960. The van der Waals surface area contributed by atoms with Crippen molar-refractivity contribution in [3.05, 3.63) is 27.8 Å². The zero-order valence-electron chi connectivity index (χ0n) is 18.7. The topological polar surface area (TPSA) is 127 Å². The molecule has 1 aliphatic heterocycles. The number of hydrogen-bond donors (Lipinski definition) is 2. The highest BCUT2D eigenvalue weighted by Crippen LogP contribution is 2.31. The van der Waals surface area contributed by atoms with Gasteiger partial charge >= 0.3 is 12.2 Å². The van der Waals surface area contributed by atoms with Crippen molar-refractivity contribution >= 4 is 51.8 Å². The van der Waals surface area contributed by atoms with Crippen molar-refractivity contribution in [1.29, 1.82) is 0 Å². The van der Waals surface area contributed by atoms with Crippen LogP contribution in [0.3, 0.4) is 0 Å². The third-order valence-electron chi connectivity index (χ3n) is 6.00. The lowest BCUT2D eigenvalue weighted by atomic mass is 9.84. The van der Waals surface area contributed by atoms with E-state index in [0.29, 0.717) is 12.8 Å². The highest BCUT2D eigenvalue weighted by atomic mass is 32.1. The summed E-state index contributed by atoms with van der Waals surface area (Å²) in [5, 5.41) is 8.99. The second kappa shape index (κ2) is 11.0. The number of nitrogens with zero attached hydrogens (tertiary/aromatic N) is 2. The van der Waals surface area contributed by atoms with E-state index in [1.165, 1.54) is 23.8 Å². The van der Waals surface area contributed by atoms with Gasteiger partial charge in [-0.05, 0) is 23.8 Å². The first-order valence-electron chi connectivity index (χ1n) is 11.1. The monoisotopic (exact) mass is 506 g/mol. The summed E-state index contributed by atoms with van der Waals surface area (Å²) in [6.07, 6.45) is 5.07. The van der Waals surface area contributed by atoms with Crippen LogP contribution < -0.4 is 15.4 Å². The Morgan fingerprint density at radius 1 is 1.26 bits per heavy atom. The molecule has 34 heavy (non-hydrogen) atoms. The number of amides is 4. The lowest BCUT2D eigenvalue weighted by molar-refractivity contribution is -0.134. The highest BCUT2D eigenvalue weighted by Gasteiger charge is 2.45. The van der Waals surface area contributed by atoms with E-state index in [9.17, 15) is 19.2 Å². The largest absolute Gasteiger partial charge is 0.514 e. The van der Waals surface area contributed by atoms with Crippen molar-refractivity contribution in [3.63, 3.8) is 0 Å². The van der Waals surface area contributed by atoms with E-state index >= 15 is 0 Å². The summed E-state index contributed by atoms with van der Waals surface area (Å²) >= 11 is 2.58. The number of ether oxygens (including phenoxy) is 2. The van der Waals surface area contributed by atoms with Gasteiger partial charge in [0.25, 0.3) is 5.91 Å². The molecule has 2 aromatic rings. The van der Waals surface area contributed by atoms with Crippen LogP contribution in [0.25, 0.3) is 0 Å². The van der Waals surface area contributed by atoms with Crippen LogP contribution in [0, 0.1) is 5.92 Å². The second-order valence-electron chi connectivity index (χ2n) is 8.29. The molecule has 0 bridgehead atoms. The van der Waals surface area contributed by atoms with Gasteiger partial charge in [0, 0.05) is 11.3 Å². The van der Waals surface area contributed by atoms with Crippen molar-refractivity contribution < 1.29 is 28.7 Å². The van der Waals surface area contributed by atoms with E-state index in [4.69, 9.17) is 4.74 Å². The van der Waals surface area contributed by atoms with Gasteiger partial charge in [-0.15, -0.1) is 22.7 Å². The Hall–Kier alpha value is -2.99. The zero-order chi connectivity index (χ0) is 24.1. The molecule has 12 heteroatoms. The van der Waals surface area contributed by atoms with Crippen LogP contribution >= 0.6 is 22.7 Å². The molecular formula is C22H26N4O6S2. The molecule has 2 atom stereocenters. The van der Waals surface area contributed by atoms with Crippen molar-refractivity contribution in [2.75, 3.05) is 12.4 Å². The third-order valence-corrected chi connectivity index (χ3v) is 7.64. The minimum Gasteiger partial charge on any atom is -0.437 e. The number of imide groups is 1. The smallest absolute Gasteiger partial charge is 0.437 e. The first-order chi connectivity index (χ1) is 16.4. The van der Waals surface area contributed by atoms with Crippen LogP contribution in [-0.2, 0) is 20.7 Å². The summed E-state index contributed by atoms with van der Waals surface area (Å²) in [4.78, 5) is 56.8. The van der Waals surface area contributed by atoms with Crippen LogP contribution in [0.4, 0.5) is 14.7 Å². The molecule has 2 N–H and O–H groups in total. The summed E-state index contributed by atoms with van der Waals surface area (Å²) in [6.45, 7) is 0. The summed E-state index contributed by atoms with van der Waals surface area (Å²) in [5.41, 5.74) is 0. The number of thiophene rings is 1. The Bertz CT molecular complexity index is 1030. The maximum Gasteiger partial charge on any atom is 0.514 e. The molecule has 10 nitrogen and oxygen atoms in total. The van der Waals surface area contributed by atoms with E-state index in [2.05, 4.69) is 20.4 Å². The molecule has 0 spiro atoms. The molecule has 1 aliphatic carbocycles. The van der Waals surface area contributed by atoms with E-state index in [-0.39, 0.29) is 16.9 Å². The Balaban J connectivity index is 1.50. The fraction of sp³-hybridized carbons (Fsp3) is 0.500. The molecule has 0 aromatic carbocycles. The molecule has 2 aromatic heterocycles. The molecule has 4 rings (SSSR count). The molecule has 4 amide bonds. The average molecular weight is 507 g/mol. The molecule has 3 heterocycles. The number of carbonyl (C=O) groups excluding carboxylic acids is 4. The lowest BCUT2D eigenvalue weighted by Crippen LogP contribution is -2.49. The lowest BCUT2D eigenvalue weighted by Gasteiger charge is -2.29. The number of anilines is 1. The average Bonchev–Trinajstić information content (AvgIpc) is 3.56. The Labute approximate surface area is 204 Å². The minimum absolute atomic E-state index is 0.0121. The van der Waals surface area contributed by atoms with Crippen LogP contribution in [0.15, 0.2) is 22.9 Å². The van der Waals surface area contributed by atoms with Gasteiger partial charge in [-0.25, -0.2) is 14.5 Å². The Morgan fingerprint density at radius 2 is 2.06 bits per heavy atom. The molecule has 2 fully saturated rings. The van der Waals surface area contributed by atoms with E-state index in [1.807, 2.05) is 17.5 Å². The van der Waals surface area contributed by atoms with E-state index in [1.54, 1.807) is 0 Å². The van der Waals surface area contributed by atoms with Gasteiger partial charge in [0.05, 0.1) is 12.5 Å². The second-order valence-corrected chi connectivity index (χ2v) is 10.2. The van der Waals surface area contributed by atoms with Gasteiger partial charge in [-0.1, -0.05) is 38.2 Å². The summed E-state index contributed by atoms with van der Waals surface area (Å²) in [7, 11) is 1.18. The van der Waals surface area contributed by atoms with Gasteiger partial charge in [0.1, 0.15) is 12.1 Å². The van der Waals surface area contributed by atoms with Crippen molar-refractivity contribution in [2.24, 2.45) is 5.92 Å². The predicted octanol–water partition coefficient (Wildman–Crippen LogP) is 3.79. The van der Waals surface area contributed by atoms with Gasteiger partial charge in [-0.2, -0.15) is 4.98 Å². The van der Waals surface area contributed by atoms with Gasteiger partial charge in [0.2, 0.25) is 11.8 Å². The van der Waals surface area contributed by atoms with Gasteiger partial charge in [0.15, 0.2) is 5.13 Å². The van der Waals surface area contributed by atoms with Crippen LogP contribution in [-0.4, -0.2) is 53.1 Å². The predicted molar refractivity (Wildman–Crippen MR) is 126 cm³/mol. The van der Waals surface area contributed by atoms with Gasteiger partial charge < -0.3 is 20.1 Å². The maximum atomic E-state index is 13.3. The van der Waals surface area contributed by atoms with Crippen molar-refractivity contribution in [3.8, 4) is 5.88 Å². The fourth-order valence-corrected chi connectivity index (χ4v) is 5.73.